The van der Waals surface area contributed by atoms with Crippen LogP contribution in [0.2, 0.25) is 0 Å². The molecule has 0 unspecified atom stereocenters. The van der Waals surface area contributed by atoms with E-state index in [0.29, 0.717) is 37.4 Å². The topological polar surface area (TPSA) is 69.9 Å². The summed E-state index contributed by atoms with van der Waals surface area (Å²) < 4.78 is 0. The number of piperazine rings is 1. The van der Waals surface area contributed by atoms with E-state index in [1.54, 1.807) is 34.9 Å². The maximum Gasteiger partial charge on any atom is 0.319 e. The summed E-state index contributed by atoms with van der Waals surface area (Å²) in [6.45, 7) is 4.13. The Bertz CT molecular complexity index is 528. The normalized spacial score (nSPS) is 15.0. The molecule has 1 heterocycles. The zero-order valence-electron chi connectivity index (χ0n) is 12.8. The van der Waals surface area contributed by atoms with Crippen molar-refractivity contribution in [2.45, 2.75) is 6.92 Å². The van der Waals surface area contributed by atoms with Gasteiger partial charge in [0.1, 0.15) is 0 Å². The average molecular weight is 290 g/mol. The molecule has 2 rings (SSSR count). The van der Waals surface area contributed by atoms with E-state index in [0.717, 1.165) is 5.56 Å². The van der Waals surface area contributed by atoms with Crippen LogP contribution in [0.4, 0.5) is 10.5 Å². The third-order valence-electron chi connectivity index (χ3n) is 3.57. The number of carbonyl (C=O) groups excluding carboxylic acids is 2. The van der Waals surface area contributed by atoms with E-state index in [1.807, 2.05) is 19.1 Å². The van der Waals surface area contributed by atoms with Gasteiger partial charge in [-0.3, -0.25) is 4.79 Å². The lowest BCUT2D eigenvalue weighted by atomic mass is 10.1. The monoisotopic (exact) mass is 290 g/mol. The highest BCUT2D eigenvalue weighted by atomic mass is 16.2. The molecule has 1 aromatic rings. The third-order valence-corrected chi connectivity index (χ3v) is 3.57. The average Bonchev–Trinajstić information content (AvgIpc) is 2.44. The van der Waals surface area contributed by atoms with E-state index >= 15 is 0 Å². The maximum absolute atomic E-state index is 12.5. The lowest BCUT2D eigenvalue weighted by Crippen LogP contribution is -2.52. The molecule has 3 amide bonds. The highest BCUT2D eigenvalue weighted by Gasteiger charge is 2.25. The lowest BCUT2D eigenvalue weighted by Gasteiger charge is -2.36. The van der Waals surface area contributed by atoms with Gasteiger partial charge in [-0.15, -0.1) is 0 Å². The summed E-state index contributed by atoms with van der Waals surface area (Å²) in [5, 5.41) is 0. The van der Waals surface area contributed by atoms with Crippen LogP contribution in [0.1, 0.15) is 15.9 Å². The number of nitrogens with two attached hydrogens (primary N) is 1. The second-order valence-corrected chi connectivity index (χ2v) is 5.59. The largest absolute Gasteiger partial charge is 0.399 e. The van der Waals surface area contributed by atoms with Crippen LogP contribution in [-0.2, 0) is 0 Å². The molecule has 0 radical (unpaired) electrons. The highest BCUT2D eigenvalue weighted by Crippen LogP contribution is 2.15. The van der Waals surface area contributed by atoms with Crippen LogP contribution in [0, 0.1) is 6.92 Å². The Hall–Kier alpha value is -2.24. The van der Waals surface area contributed by atoms with Crippen LogP contribution >= 0.6 is 0 Å². The van der Waals surface area contributed by atoms with Crippen LogP contribution < -0.4 is 5.73 Å². The minimum atomic E-state index is -0.0256. The van der Waals surface area contributed by atoms with E-state index in [2.05, 4.69) is 0 Å². The fourth-order valence-corrected chi connectivity index (χ4v) is 2.50. The van der Waals surface area contributed by atoms with E-state index in [-0.39, 0.29) is 11.9 Å². The van der Waals surface area contributed by atoms with Gasteiger partial charge in [0.2, 0.25) is 0 Å². The minimum Gasteiger partial charge on any atom is -0.399 e. The summed E-state index contributed by atoms with van der Waals surface area (Å²) in [5.74, 6) is -0.0256. The van der Waals surface area contributed by atoms with Crippen molar-refractivity contribution in [3.05, 3.63) is 29.3 Å². The van der Waals surface area contributed by atoms with Gasteiger partial charge in [0.25, 0.3) is 5.91 Å². The van der Waals surface area contributed by atoms with Gasteiger partial charge >= 0.3 is 6.03 Å². The third kappa shape index (κ3) is 3.45. The Labute approximate surface area is 125 Å². The number of carbonyl (C=O) groups is 2. The Morgan fingerprint density at radius 2 is 1.62 bits per heavy atom. The molecule has 1 aromatic carbocycles. The summed E-state index contributed by atoms with van der Waals surface area (Å²) in [5.41, 5.74) is 7.97. The van der Waals surface area contributed by atoms with Crippen LogP contribution in [-0.4, -0.2) is 66.9 Å². The summed E-state index contributed by atoms with van der Waals surface area (Å²) >= 11 is 0. The first-order chi connectivity index (χ1) is 9.88. The van der Waals surface area contributed by atoms with E-state index in [9.17, 15) is 9.59 Å². The number of rotatable bonds is 1. The molecule has 21 heavy (non-hydrogen) atoms. The number of aryl methyl sites for hydroxylation is 1. The van der Waals surface area contributed by atoms with Gasteiger partial charge in [-0.25, -0.2) is 4.79 Å². The summed E-state index contributed by atoms with van der Waals surface area (Å²) in [6, 6.07) is 5.37. The molecule has 1 fully saturated rings. The molecule has 1 aliphatic heterocycles. The van der Waals surface area contributed by atoms with Gasteiger partial charge in [-0.1, -0.05) is 0 Å². The number of hydrogen-bond donors (Lipinski definition) is 1. The summed E-state index contributed by atoms with van der Waals surface area (Å²) in [4.78, 5) is 29.4. The molecule has 1 aliphatic rings. The van der Waals surface area contributed by atoms with Crippen LogP contribution in [0.5, 0.6) is 0 Å². The number of anilines is 1. The molecule has 0 atom stereocenters. The standard InChI is InChI=1S/C15H22N4O2/c1-11-8-12(10-13(16)9-11)14(20)18-4-6-19(7-5-18)15(21)17(2)3/h8-10H,4-7,16H2,1-3H3. The molecule has 0 saturated carbocycles. The first-order valence-corrected chi connectivity index (χ1v) is 7.01. The molecule has 0 aliphatic carbocycles. The quantitative estimate of drug-likeness (QED) is 0.785. The smallest absolute Gasteiger partial charge is 0.319 e. The molecule has 2 N–H and O–H groups in total. The number of amides is 3. The van der Waals surface area contributed by atoms with E-state index < -0.39 is 0 Å². The van der Waals surface area contributed by atoms with Crippen molar-refractivity contribution in [2.24, 2.45) is 0 Å². The predicted octanol–water partition coefficient (Wildman–Crippen LogP) is 1.02. The number of benzene rings is 1. The van der Waals surface area contributed by atoms with Gasteiger partial charge in [0.05, 0.1) is 0 Å². The second-order valence-electron chi connectivity index (χ2n) is 5.59. The second kappa shape index (κ2) is 6.03. The molecule has 1 saturated heterocycles. The van der Waals surface area contributed by atoms with Gasteiger partial charge in [-0.05, 0) is 30.7 Å². The Kier molecular flexibility index (Phi) is 4.35. The fourth-order valence-electron chi connectivity index (χ4n) is 2.50. The Morgan fingerprint density at radius 3 is 2.14 bits per heavy atom. The van der Waals surface area contributed by atoms with Crippen molar-refractivity contribution >= 4 is 17.6 Å². The summed E-state index contributed by atoms with van der Waals surface area (Å²) in [7, 11) is 3.46. The van der Waals surface area contributed by atoms with Gasteiger partial charge < -0.3 is 20.4 Å². The van der Waals surface area contributed by atoms with E-state index in [4.69, 9.17) is 5.73 Å². The number of nitrogens with zero attached hydrogens (tertiary/aromatic N) is 3. The molecule has 0 spiro atoms. The van der Waals surface area contributed by atoms with Gasteiger partial charge in [0, 0.05) is 51.5 Å². The Balaban J connectivity index is 2.02. The van der Waals surface area contributed by atoms with Crippen molar-refractivity contribution in [1.29, 1.82) is 0 Å². The van der Waals surface area contributed by atoms with Crippen molar-refractivity contribution in [1.82, 2.24) is 14.7 Å². The van der Waals surface area contributed by atoms with E-state index in [1.165, 1.54) is 0 Å². The molecular formula is C15H22N4O2. The molecular weight excluding hydrogens is 268 g/mol. The minimum absolute atomic E-state index is 0.0121. The molecule has 114 valence electrons. The van der Waals surface area contributed by atoms with Crippen molar-refractivity contribution in [3.8, 4) is 0 Å². The lowest BCUT2D eigenvalue weighted by molar-refractivity contribution is 0.0650. The predicted molar refractivity (Wildman–Crippen MR) is 82.2 cm³/mol. The highest BCUT2D eigenvalue weighted by molar-refractivity contribution is 5.95. The maximum atomic E-state index is 12.5. The van der Waals surface area contributed by atoms with Crippen molar-refractivity contribution in [3.63, 3.8) is 0 Å². The number of nitrogen functional groups attached to an aromatic ring is 1. The first-order valence-electron chi connectivity index (χ1n) is 7.01. The van der Waals surface area contributed by atoms with Crippen LogP contribution in [0.3, 0.4) is 0 Å². The molecule has 6 heteroatoms. The zero-order valence-corrected chi connectivity index (χ0v) is 12.8. The SMILES string of the molecule is Cc1cc(N)cc(C(=O)N2CCN(C(=O)N(C)C)CC2)c1. The van der Waals surface area contributed by atoms with Crippen molar-refractivity contribution < 1.29 is 9.59 Å². The number of hydrogen-bond acceptors (Lipinski definition) is 3. The molecule has 0 aromatic heterocycles. The Morgan fingerprint density at radius 1 is 1.05 bits per heavy atom. The number of urea groups is 1. The molecule has 0 bridgehead atoms. The zero-order chi connectivity index (χ0) is 15.6. The first kappa shape index (κ1) is 15.2. The fraction of sp³-hybridized carbons (Fsp3) is 0.467. The van der Waals surface area contributed by atoms with Crippen LogP contribution in [0.25, 0.3) is 0 Å². The van der Waals surface area contributed by atoms with Gasteiger partial charge in [-0.2, -0.15) is 0 Å². The summed E-state index contributed by atoms with van der Waals surface area (Å²) in [6.07, 6.45) is 0. The van der Waals surface area contributed by atoms with Crippen LogP contribution in [0.15, 0.2) is 18.2 Å². The van der Waals surface area contributed by atoms with Gasteiger partial charge in [0.15, 0.2) is 0 Å². The molecule has 6 nitrogen and oxygen atoms in total. The van der Waals surface area contributed by atoms with Crippen molar-refractivity contribution in [2.75, 3.05) is 46.0 Å².